The summed E-state index contributed by atoms with van der Waals surface area (Å²) in [7, 11) is -0.484. The van der Waals surface area contributed by atoms with Crippen molar-refractivity contribution in [2.45, 2.75) is 64.1 Å². The summed E-state index contributed by atoms with van der Waals surface area (Å²) in [5.74, 6) is 0. The lowest BCUT2D eigenvalue weighted by Crippen LogP contribution is -2.44. The SMILES string of the molecule is CCCc1cccc2c1-c1cccc(B3OC(C)(C)C(C)(C)O3)c1C21c2ccccc2N(c2ccccc2)c2ccccc21. The molecule has 0 amide bonds. The quantitative estimate of drug-likeness (QED) is 0.196. The van der Waals surface area contributed by atoms with Gasteiger partial charge in [-0.05, 0) is 103 Å². The maximum atomic E-state index is 6.82. The number of fused-ring (bicyclic) bond motifs is 9. The predicted molar refractivity (Wildman–Crippen MR) is 182 cm³/mol. The molecular formula is C40H38BNO2. The third-order valence-electron chi connectivity index (χ3n) is 10.4. The van der Waals surface area contributed by atoms with Crippen molar-refractivity contribution < 1.29 is 9.31 Å². The minimum atomic E-state index is -0.549. The number of para-hydroxylation sites is 3. The summed E-state index contributed by atoms with van der Waals surface area (Å²) in [4.78, 5) is 2.43. The molecule has 2 heterocycles. The molecule has 0 bridgehead atoms. The lowest BCUT2D eigenvalue weighted by atomic mass is 9.60. The number of hydrogen-bond donors (Lipinski definition) is 0. The molecule has 1 saturated heterocycles. The summed E-state index contributed by atoms with van der Waals surface area (Å²) in [6, 6.07) is 42.4. The van der Waals surface area contributed by atoms with Gasteiger partial charge in [0.05, 0.1) is 28.0 Å². The van der Waals surface area contributed by atoms with Gasteiger partial charge in [0.15, 0.2) is 0 Å². The summed E-state index contributed by atoms with van der Waals surface area (Å²) >= 11 is 0. The molecule has 1 fully saturated rings. The highest BCUT2D eigenvalue weighted by Crippen LogP contribution is 2.63. The van der Waals surface area contributed by atoms with Crippen molar-refractivity contribution in [3.8, 4) is 11.1 Å². The Kier molecular flexibility index (Phi) is 6.04. The van der Waals surface area contributed by atoms with E-state index >= 15 is 0 Å². The Bertz CT molecular complexity index is 1850. The van der Waals surface area contributed by atoms with E-state index < -0.39 is 23.7 Å². The fourth-order valence-electron chi connectivity index (χ4n) is 7.87. The minimum absolute atomic E-state index is 0.446. The summed E-state index contributed by atoms with van der Waals surface area (Å²) in [5.41, 5.74) is 12.4. The van der Waals surface area contributed by atoms with Crippen molar-refractivity contribution in [2.75, 3.05) is 4.90 Å². The zero-order valence-electron chi connectivity index (χ0n) is 26.2. The largest absolute Gasteiger partial charge is 0.495 e. The molecule has 0 unspecified atom stereocenters. The first-order valence-corrected chi connectivity index (χ1v) is 16.0. The first kappa shape index (κ1) is 27.4. The van der Waals surface area contributed by atoms with Gasteiger partial charge in [-0.15, -0.1) is 0 Å². The molecule has 2 aliphatic heterocycles. The Morgan fingerprint density at radius 3 is 1.82 bits per heavy atom. The van der Waals surface area contributed by atoms with E-state index in [0.29, 0.717) is 0 Å². The Hall–Kier alpha value is -4.12. The molecule has 0 N–H and O–H groups in total. The highest BCUT2D eigenvalue weighted by atomic mass is 16.7. The van der Waals surface area contributed by atoms with Gasteiger partial charge in [-0.1, -0.05) is 104 Å². The van der Waals surface area contributed by atoms with E-state index in [1.54, 1.807) is 0 Å². The topological polar surface area (TPSA) is 21.7 Å². The predicted octanol–water partition coefficient (Wildman–Crippen LogP) is 9.08. The van der Waals surface area contributed by atoms with E-state index in [1.807, 2.05) is 0 Å². The Morgan fingerprint density at radius 1 is 0.614 bits per heavy atom. The number of rotatable bonds is 4. The van der Waals surface area contributed by atoms with Gasteiger partial charge in [-0.25, -0.2) is 0 Å². The molecule has 4 heteroatoms. The van der Waals surface area contributed by atoms with Crippen LogP contribution in [0.15, 0.2) is 115 Å². The monoisotopic (exact) mass is 575 g/mol. The lowest BCUT2D eigenvalue weighted by molar-refractivity contribution is 0.00578. The maximum absolute atomic E-state index is 6.82. The number of hydrogen-bond acceptors (Lipinski definition) is 3. The van der Waals surface area contributed by atoms with Crippen LogP contribution >= 0.6 is 0 Å². The van der Waals surface area contributed by atoms with Gasteiger partial charge >= 0.3 is 7.12 Å². The normalized spacial score (nSPS) is 18.1. The van der Waals surface area contributed by atoms with Crippen LogP contribution in [0.1, 0.15) is 68.9 Å². The first-order chi connectivity index (χ1) is 21.3. The van der Waals surface area contributed by atoms with E-state index in [0.717, 1.165) is 24.0 Å². The Balaban J connectivity index is 1.52. The molecule has 0 radical (unpaired) electrons. The fraction of sp³-hybridized carbons (Fsp3) is 0.250. The van der Waals surface area contributed by atoms with Crippen molar-refractivity contribution in [1.29, 1.82) is 0 Å². The summed E-state index contributed by atoms with van der Waals surface area (Å²) in [6.45, 7) is 10.8. The Labute approximate surface area is 261 Å². The standard InChI is InChI=1S/C40H38BNO2/c1-6-16-27-17-14-23-32-36(27)29-20-15-24-33(41-43-38(2,3)39(4,5)44-41)37(29)40(32)30-21-10-12-25-34(30)42(28-18-8-7-9-19-28)35-26-13-11-22-31(35)40/h7-15,17-26H,6,16H2,1-5H3. The fourth-order valence-corrected chi connectivity index (χ4v) is 7.87. The van der Waals surface area contributed by atoms with Crippen LogP contribution in [0.3, 0.4) is 0 Å². The van der Waals surface area contributed by atoms with Crippen LogP contribution in [0.2, 0.25) is 0 Å². The molecule has 44 heavy (non-hydrogen) atoms. The van der Waals surface area contributed by atoms with Crippen molar-refractivity contribution in [1.82, 2.24) is 0 Å². The molecule has 0 saturated carbocycles. The number of anilines is 3. The number of benzene rings is 5. The molecule has 1 aliphatic carbocycles. The van der Waals surface area contributed by atoms with Crippen LogP contribution in [0.4, 0.5) is 17.1 Å². The zero-order chi connectivity index (χ0) is 30.3. The van der Waals surface area contributed by atoms with Crippen LogP contribution in [-0.2, 0) is 21.1 Å². The number of aryl methyl sites for hydroxylation is 1. The summed E-state index contributed by atoms with van der Waals surface area (Å²) in [6.07, 6.45) is 2.11. The van der Waals surface area contributed by atoms with E-state index in [9.17, 15) is 0 Å². The molecule has 0 atom stereocenters. The van der Waals surface area contributed by atoms with Crippen LogP contribution < -0.4 is 10.4 Å². The molecule has 5 aromatic rings. The lowest BCUT2D eigenvalue weighted by Gasteiger charge is -2.45. The highest BCUT2D eigenvalue weighted by Gasteiger charge is 2.57. The van der Waals surface area contributed by atoms with Crippen LogP contribution in [0.5, 0.6) is 0 Å². The molecular weight excluding hydrogens is 537 g/mol. The number of nitrogens with zero attached hydrogens (tertiary/aromatic N) is 1. The van der Waals surface area contributed by atoms with Crippen molar-refractivity contribution in [3.05, 3.63) is 143 Å². The molecule has 5 aromatic carbocycles. The second kappa shape index (κ2) is 9.69. The van der Waals surface area contributed by atoms with E-state index in [1.165, 1.54) is 50.3 Å². The Morgan fingerprint density at radius 2 is 1.18 bits per heavy atom. The molecule has 8 rings (SSSR count). The van der Waals surface area contributed by atoms with Crippen LogP contribution in [0, 0.1) is 0 Å². The molecule has 0 aromatic heterocycles. The van der Waals surface area contributed by atoms with Gasteiger partial charge in [0, 0.05) is 5.69 Å². The van der Waals surface area contributed by atoms with Gasteiger partial charge in [0.1, 0.15) is 0 Å². The second-order valence-electron chi connectivity index (χ2n) is 13.4. The van der Waals surface area contributed by atoms with Gasteiger partial charge < -0.3 is 14.2 Å². The summed E-state index contributed by atoms with van der Waals surface area (Å²) < 4.78 is 13.6. The minimum Gasteiger partial charge on any atom is -0.399 e. The average Bonchev–Trinajstić information content (AvgIpc) is 3.45. The third kappa shape index (κ3) is 3.59. The van der Waals surface area contributed by atoms with Crippen LogP contribution in [-0.4, -0.2) is 18.3 Å². The van der Waals surface area contributed by atoms with Crippen molar-refractivity contribution >= 4 is 29.6 Å². The van der Waals surface area contributed by atoms with E-state index in [4.69, 9.17) is 9.31 Å². The van der Waals surface area contributed by atoms with E-state index in [-0.39, 0.29) is 0 Å². The zero-order valence-corrected chi connectivity index (χ0v) is 26.2. The van der Waals surface area contributed by atoms with Crippen LogP contribution in [0.25, 0.3) is 11.1 Å². The van der Waals surface area contributed by atoms with E-state index in [2.05, 4.69) is 155 Å². The van der Waals surface area contributed by atoms with Gasteiger partial charge in [0.25, 0.3) is 0 Å². The molecule has 218 valence electrons. The second-order valence-corrected chi connectivity index (χ2v) is 13.4. The molecule has 1 spiro atoms. The molecule has 3 nitrogen and oxygen atoms in total. The van der Waals surface area contributed by atoms with Gasteiger partial charge in [-0.2, -0.15) is 0 Å². The third-order valence-corrected chi connectivity index (χ3v) is 10.4. The van der Waals surface area contributed by atoms with Gasteiger partial charge in [-0.3, -0.25) is 0 Å². The van der Waals surface area contributed by atoms with Crippen molar-refractivity contribution in [3.63, 3.8) is 0 Å². The van der Waals surface area contributed by atoms with Crippen molar-refractivity contribution in [2.24, 2.45) is 0 Å². The highest BCUT2D eigenvalue weighted by molar-refractivity contribution is 6.63. The first-order valence-electron chi connectivity index (χ1n) is 16.0. The molecule has 3 aliphatic rings. The average molecular weight is 576 g/mol. The maximum Gasteiger partial charge on any atom is 0.495 e. The van der Waals surface area contributed by atoms with Gasteiger partial charge in [0.2, 0.25) is 0 Å². The smallest absolute Gasteiger partial charge is 0.399 e. The summed E-state index contributed by atoms with van der Waals surface area (Å²) in [5, 5.41) is 0.